The zero-order chi connectivity index (χ0) is 9.42. The summed E-state index contributed by atoms with van der Waals surface area (Å²) in [4.78, 5) is 14.7. The lowest BCUT2D eigenvalue weighted by molar-refractivity contribution is 0.0969. The van der Waals surface area contributed by atoms with Crippen molar-refractivity contribution in [2.24, 2.45) is 5.73 Å². The van der Waals surface area contributed by atoms with Crippen molar-refractivity contribution in [3.63, 3.8) is 0 Å². The molecule has 1 amide bonds. The maximum Gasteiger partial charge on any atom is 0.304 e. The van der Waals surface area contributed by atoms with Gasteiger partial charge in [-0.05, 0) is 18.6 Å². The second kappa shape index (κ2) is 2.58. The van der Waals surface area contributed by atoms with Crippen LogP contribution in [0.1, 0.15) is 16.2 Å². The zero-order valence-corrected chi connectivity index (χ0v) is 7.07. The normalized spacial score (nSPS) is 10.5. The molecule has 0 aliphatic carbocycles. The molecule has 66 valence electrons. The Kier molecular flexibility index (Phi) is 1.55. The minimum atomic E-state index is -0.643. The topological polar surface area (TPSA) is 69.1 Å². The molecular weight excluding hydrogens is 168 g/mol. The van der Waals surface area contributed by atoms with Gasteiger partial charge in [-0.1, -0.05) is 12.1 Å². The van der Waals surface area contributed by atoms with E-state index >= 15 is 0 Å². The number of carbonyl (C=O) groups is 1. The van der Waals surface area contributed by atoms with E-state index in [0.717, 1.165) is 5.56 Å². The average molecular weight is 176 g/mol. The third-order valence-corrected chi connectivity index (χ3v) is 1.82. The van der Waals surface area contributed by atoms with Crippen molar-refractivity contribution in [2.75, 3.05) is 0 Å². The molecule has 1 aromatic heterocycles. The standard InChI is InChI=1S/C9H8N2O2/c1-5-3-2-4-6-7(5)13-9(11-6)8(10)12/h2-4H,1H3,(H2,10,12). The lowest BCUT2D eigenvalue weighted by atomic mass is 10.2. The summed E-state index contributed by atoms with van der Waals surface area (Å²) in [6.07, 6.45) is 0. The Morgan fingerprint density at radius 2 is 2.31 bits per heavy atom. The largest absolute Gasteiger partial charge is 0.432 e. The summed E-state index contributed by atoms with van der Waals surface area (Å²) in [6.45, 7) is 1.89. The fraction of sp³-hybridized carbons (Fsp3) is 0.111. The highest BCUT2D eigenvalue weighted by Crippen LogP contribution is 2.18. The minimum Gasteiger partial charge on any atom is -0.432 e. The van der Waals surface area contributed by atoms with Gasteiger partial charge in [0.2, 0.25) is 0 Å². The second-order valence-corrected chi connectivity index (χ2v) is 2.81. The van der Waals surface area contributed by atoms with Gasteiger partial charge in [-0.25, -0.2) is 4.98 Å². The first-order valence-corrected chi connectivity index (χ1v) is 3.84. The predicted molar refractivity (Wildman–Crippen MR) is 47.3 cm³/mol. The van der Waals surface area contributed by atoms with Crippen LogP contribution in [0.3, 0.4) is 0 Å². The molecule has 0 saturated heterocycles. The molecule has 0 bridgehead atoms. The summed E-state index contributed by atoms with van der Waals surface area (Å²) in [6, 6.07) is 5.52. The molecule has 0 fully saturated rings. The first kappa shape index (κ1) is 7.79. The molecule has 0 atom stereocenters. The first-order chi connectivity index (χ1) is 6.18. The van der Waals surface area contributed by atoms with Gasteiger partial charge in [0.1, 0.15) is 5.52 Å². The molecule has 2 rings (SSSR count). The third-order valence-electron chi connectivity index (χ3n) is 1.82. The SMILES string of the molecule is Cc1cccc2nc(C(N)=O)oc12. The van der Waals surface area contributed by atoms with Crippen molar-refractivity contribution < 1.29 is 9.21 Å². The molecule has 0 spiro atoms. The summed E-state index contributed by atoms with van der Waals surface area (Å²) in [5.41, 5.74) is 7.26. The maximum absolute atomic E-state index is 10.7. The Morgan fingerprint density at radius 1 is 1.54 bits per heavy atom. The maximum atomic E-state index is 10.7. The molecule has 4 nitrogen and oxygen atoms in total. The number of benzene rings is 1. The molecule has 0 aliphatic heterocycles. The predicted octanol–water partition coefficient (Wildman–Crippen LogP) is 1.24. The van der Waals surface area contributed by atoms with Gasteiger partial charge in [-0.2, -0.15) is 0 Å². The van der Waals surface area contributed by atoms with Gasteiger partial charge in [0.05, 0.1) is 0 Å². The second-order valence-electron chi connectivity index (χ2n) is 2.81. The number of aryl methyl sites for hydroxylation is 1. The summed E-state index contributed by atoms with van der Waals surface area (Å²) in [5.74, 6) is -0.681. The highest BCUT2D eigenvalue weighted by atomic mass is 16.4. The lowest BCUT2D eigenvalue weighted by Gasteiger charge is -1.89. The summed E-state index contributed by atoms with van der Waals surface area (Å²) in [7, 11) is 0. The zero-order valence-electron chi connectivity index (χ0n) is 7.07. The number of amides is 1. The van der Waals surface area contributed by atoms with E-state index in [9.17, 15) is 4.79 Å². The molecular formula is C9H8N2O2. The highest BCUT2D eigenvalue weighted by molar-refractivity contribution is 5.91. The van der Waals surface area contributed by atoms with E-state index in [2.05, 4.69) is 4.98 Å². The van der Waals surface area contributed by atoms with Gasteiger partial charge >= 0.3 is 5.91 Å². The molecule has 2 aromatic rings. The fourth-order valence-electron chi connectivity index (χ4n) is 1.19. The number of hydrogen-bond acceptors (Lipinski definition) is 3. The van der Waals surface area contributed by atoms with Crippen molar-refractivity contribution >= 4 is 17.0 Å². The number of carbonyl (C=O) groups excluding carboxylic acids is 1. The van der Waals surface area contributed by atoms with Crippen LogP contribution in [-0.2, 0) is 0 Å². The van der Waals surface area contributed by atoms with Crippen LogP contribution in [-0.4, -0.2) is 10.9 Å². The van der Waals surface area contributed by atoms with E-state index in [1.165, 1.54) is 0 Å². The van der Waals surface area contributed by atoms with E-state index in [0.29, 0.717) is 11.1 Å². The van der Waals surface area contributed by atoms with Gasteiger partial charge in [0, 0.05) is 0 Å². The Bertz CT molecular complexity index is 473. The van der Waals surface area contributed by atoms with Gasteiger partial charge in [-0.3, -0.25) is 4.79 Å². The number of primary amides is 1. The summed E-state index contributed by atoms with van der Waals surface area (Å²) < 4.78 is 5.17. The van der Waals surface area contributed by atoms with Crippen LogP contribution < -0.4 is 5.73 Å². The average Bonchev–Trinajstić information content (AvgIpc) is 2.49. The molecule has 0 saturated carbocycles. The molecule has 0 unspecified atom stereocenters. The number of nitrogens with zero attached hydrogens (tertiary/aromatic N) is 1. The Balaban J connectivity index is 2.75. The Hall–Kier alpha value is -1.84. The lowest BCUT2D eigenvalue weighted by Crippen LogP contribution is -2.10. The van der Waals surface area contributed by atoms with Crippen molar-refractivity contribution in [2.45, 2.75) is 6.92 Å². The molecule has 4 heteroatoms. The van der Waals surface area contributed by atoms with Crippen LogP contribution in [0.25, 0.3) is 11.1 Å². The number of rotatable bonds is 1. The molecule has 1 aromatic carbocycles. The Labute approximate surface area is 74.4 Å². The smallest absolute Gasteiger partial charge is 0.304 e. The van der Waals surface area contributed by atoms with Crippen molar-refractivity contribution in [3.05, 3.63) is 29.7 Å². The minimum absolute atomic E-state index is 0.0377. The van der Waals surface area contributed by atoms with Gasteiger partial charge in [0.25, 0.3) is 5.89 Å². The quantitative estimate of drug-likeness (QED) is 0.710. The van der Waals surface area contributed by atoms with Gasteiger partial charge in [0.15, 0.2) is 5.58 Å². The number of oxazole rings is 1. The molecule has 1 heterocycles. The summed E-state index contributed by atoms with van der Waals surface area (Å²) in [5, 5.41) is 0. The van der Waals surface area contributed by atoms with Crippen LogP contribution in [0.2, 0.25) is 0 Å². The van der Waals surface area contributed by atoms with Crippen molar-refractivity contribution in [1.82, 2.24) is 4.98 Å². The number of para-hydroxylation sites is 1. The van der Waals surface area contributed by atoms with Gasteiger partial charge in [-0.15, -0.1) is 0 Å². The molecule has 13 heavy (non-hydrogen) atoms. The highest BCUT2D eigenvalue weighted by Gasteiger charge is 2.11. The Morgan fingerprint density at radius 3 is 2.92 bits per heavy atom. The van der Waals surface area contributed by atoms with E-state index in [1.54, 1.807) is 6.07 Å². The molecule has 0 radical (unpaired) electrons. The number of nitrogens with two attached hydrogens (primary N) is 1. The van der Waals surface area contributed by atoms with E-state index in [1.807, 2.05) is 19.1 Å². The number of fused-ring (bicyclic) bond motifs is 1. The summed E-state index contributed by atoms with van der Waals surface area (Å²) >= 11 is 0. The van der Waals surface area contributed by atoms with Crippen LogP contribution in [0.4, 0.5) is 0 Å². The van der Waals surface area contributed by atoms with E-state index in [4.69, 9.17) is 10.2 Å². The van der Waals surface area contributed by atoms with Crippen LogP contribution in [0, 0.1) is 6.92 Å². The van der Waals surface area contributed by atoms with Crippen LogP contribution >= 0.6 is 0 Å². The molecule has 0 aliphatic rings. The number of aromatic nitrogens is 1. The first-order valence-electron chi connectivity index (χ1n) is 3.84. The molecule has 2 N–H and O–H groups in total. The van der Waals surface area contributed by atoms with Crippen LogP contribution in [0.15, 0.2) is 22.6 Å². The van der Waals surface area contributed by atoms with Crippen molar-refractivity contribution in [3.8, 4) is 0 Å². The van der Waals surface area contributed by atoms with Gasteiger partial charge < -0.3 is 10.2 Å². The van der Waals surface area contributed by atoms with Crippen molar-refractivity contribution in [1.29, 1.82) is 0 Å². The van der Waals surface area contributed by atoms with E-state index in [-0.39, 0.29) is 5.89 Å². The van der Waals surface area contributed by atoms with E-state index < -0.39 is 5.91 Å². The fourth-order valence-corrected chi connectivity index (χ4v) is 1.19. The monoisotopic (exact) mass is 176 g/mol. The van der Waals surface area contributed by atoms with Crippen LogP contribution in [0.5, 0.6) is 0 Å². The third kappa shape index (κ3) is 1.16. The number of hydrogen-bond donors (Lipinski definition) is 1.